The van der Waals surface area contributed by atoms with Gasteiger partial charge < -0.3 is 5.32 Å². The van der Waals surface area contributed by atoms with Crippen molar-refractivity contribution >= 4 is 29.3 Å². The summed E-state index contributed by atoms with van der Waals surface area (Å²) in [6.07, 6.45) is 0.0402. The van der Waals surface area contributed by atoms with Gasteiger partial charge in [-0.05, 0) is 42.8 Å². The molecule has 7 heteroatoms. The van der Waals surface area contributed by atoms with E-state index in [-0.39, 0.29) is 18.9 Å². The molecular formula is C18H18ClN3O3. The molecule has 3 N–H and O–H groups in total. The Morgan fingerprint density at radius 3 is 2.28 bits per heavy atom. The van der Waals surface area contributed by atoms with Crippen LogP contribution in [-0.2, 0) is 4.79 Å². The van der Waals surface area contributed by atoms with Crippen LogP contribution in [0.15, 0.2) is 48.5 Å². The molecule has 0 bridgehead atoms. The number of nitrogens with one attached hydrogen (secondary N) is 3. The van der Waals surface area contributed by atoms with Crippen LogP contribution in [0.3, 0.4) is 0 Å². The van der Waals surface area contributed by atoms with Crippen molar-refractivity contribution in [2.75, 3.05) is 6.54 Å². The Morgan fingerprint density at radius 1 is 0.920 bits per heavy atom. The molecule has 0 saturated heterocycles. The third kappa shape index (κ3) is 5.61. The van der Waals surface area contributed by atoms with Gasteiger partial charge in [0.25, 0.3) is 11.8 Å². The highest BCUT2D eigenvalue weighted by Crippen LogP contribution is 2.09. The summed E-state index contributed by atoms with van der Waals surface area (Å²) < 4.78 is 0. The molecule has 0 aliphatic heterocycles. The highest BCUT2D eigenvalue weighted by atomic mass is 35.5. The summed E-state index contributed by atoms with van der Waals surface area (Å²) in [7, 11) is 0. The lowest BCUT2D eigenvalue weighted by molar-refractivity contribution is -0.121. The number of hydrazine groups is 1. The Balaban J connectivity index is 1.72. The Bertz CT molecular complexity index is 775. The van der Waals surface area contributed by atoms with E-state index in [1.165, 1.54) is 0 Å². The van der Waals surface area contributed by atoms with Crippen LogP contribution in [0, 0.1) is 6.92 Å². The van der Waals surface area contributed by atoms with E-state index in [9.17, 15) is 14.4 Å². The van der Waals surface area contributed by atoms with Crippen molar-refractivity contribution in [1.82, 2.24) is 16.2 Å². The first-order valence-corrected chi connectivity index (χ1v) is 8.04. The third-order valence-corrected chi connectivity index (χ3v) is 3.70. The molecule has 0 fully saturated rings. The van der Waals surface area contributed by atoms with Crippen molar-refractivity contribution in [3.05, 3.63) is 70.2 Å². The minimum atomic E-state index is -0.450. The average Bonchev–Trinajstić information content (AvgIpc) is 2.60. The zero-order chi connectivity index (χ0) is 18.2. The first-order valence-electron chi connectivity index (χ1n) is 7.66. The number of benzene rings is 2. The van der Waals surface area contributed by atoms with Crippen molar-refractivity contribution in [2.45, 2.75) is 13.3 Å². The van der Waals surface area contributed by atoms with Gasteiger partial charge >= 0.3 is 0 Å². The highest BCUT2D eigenvalue weighted by molar-refractivity contribution is 6.30. The van der Waals surface area contributed by atoms with Gasteiger partial charge in [0.05, 0.1) is 0 Å². The van der Waals surface area contributed by atoms with Crippen molar-refractivity contribution in [2.24, 2.45) is 0 Å². The second-order valence-electron chi connectivity index (χ2n) is 5.33. The Hall–Kier alpha value is -2.86. The molecule has 0 aliphatic rings. The summed E-state index contributed by atoms with van der Waals surface area (Å²) in [4.78, 5) is 35.5. The van der Waals surface area contributed by atoms with Crippen LogP contribution < -0.4 is 16.2 Å². The molecule has 0 spiro atoms. The van der Waals surface area contributed by atoms with Crippen molar-refractivity contribution < 1.29 is 14.4 Å². The van der Waals surface area contributed by atoms with E-state index in [1.807, 2.05) is 19.1 Å². The summed E-state index contributed by atoms with van der Waals surface area (Å²) in [5, 5.41) is 3.19. The lowest BCUT2D eigenvalue weighted by atomic mass is 10.1. The van der Waals surface area contributed by atoms with Crippen molar-refractivity contribution in [3.8, 4) is 0 Å². The number of halogens is 1. The van der Waals surface area contributed by atoms with E-state index in [0.717, 1.165) is 5.56 Å². The van der Waals surface area contributed by atoms with E-state index in [2.05, 4.69) is 16.2 Å². The molecule has 0 radical (unpaired) electrons. The third-order valence-electron chi connectivity index (χ3n) is 3.45. The van der Waals surface area contributed by atoms with E-state index in [0.29, 0.717) is 16.1 Å². The van der Waals surface area contributed by atoms with E-state index < -0.39 is 11.8 Å². The number of hydrogen-bond donors (Lipinski definition) is 3. The van der Waals surface area contributed by atoms with Crippen LogP contribution in [0.5, 0.6) is 0 Å². The minimum Gasteiger partial charge on any atom is -0.352 e. The van der Waals surface area contributed by atoms with Crippen LogP contribution in [0.2, 0.25) is 5.02 Å². The van der Waals surface area contributed by atoms with E-state index in [1.54, 1.807) is 36.4 Å². The van der Waals surface area contributed by atoms with Gasteiger partial charge in [-0.1, -0.05) is 29.8 Å². The molecule has 2 aromatic carbocycles. The summed E-state index contributed by atoms with van der Waals surface area (Å²) >= 11 is 5.74. The number of carbonyl (C=O) groups is 3. The fourth-order valence-corrected chi connectivity index (χ4v) is 2.20. The molecule has 0 atom stereocenters. The smallest absolute Gasteiger partial charge is 0.269 e. The maximum absolute atomic E-state index is 12.0. The van der Waals surface area contributed by atoms with Crippen LogP contribution >= 0.6 is 11.6 Å². The Morgan fingerprint density at radius 2 is 1.60 bits per heavy atom. The van der Waals surface area contributed by atoms with Gasteiger partial charge in [-0.15, -0.1) is 0 Å². The fourth-order valence-electron chi connectivity index (χ4n) is 2.07. The molecule has 0 saturated carbocycles. The molecule has 130 valence electrons. The van der Waals surface area contributed by atoms with E-state index in [4.69, 9.17) is 11.6 Å². The lowest BCUT2D eigenvalue weighted by Gasteiger charge is -2.09. The lowest BCUT2D eigenvalue weighted by Crippen LogP contribution is -2.42. The second kappa shape index (κ2) is 8.84. The molecule has 25 heavy (non-hydrogen) atoms. The van der Waals surface area contributed by atoms with Crippen LogP contribution in [0.4, 0.5) is 0 Å². The normalized spacial score (nSPS) is 10.0. The first kappa shape index (κ1) is 18.5. The molecule has 3 amide bonds. The van der Waals surface area contributed by atoms with Crippen LogP contribution in [0.25, 0.3) is 0 Å². The monoisotopic (exact) mass is 359 g/mol. The predicted molar refractivity (Wildman–Crippen MR) is 95.2 cm³/mol. The first-order chi connectivity index (χ1) is 12.0. The number of hydrogen-bond acceptors (Lipinski definition) is 3. The highest BCUT2D eigenvalue weighted by Gasteiger charge is 2.10. The maximum atomic E-state index is 12.0. The zero-order valence-corrected chi connectivity index (χ0v) is 14.4. The molecule has 0 unspecified atom stereocenters. The molecule has 2 aromatic rings. The molecule has 6 nitrogen and oxygen atoms in total. The number of rotatable bonds is 5. The average molecular weight is 360 g/mol. The van der Waals surface area contributed by atoms with Gasteiger partial charge in [0, 0.05) is 29.1 Å². The largest absolute Gasteiger partial charge is 0.352 e. The van der Waals surface area contributed by atoms with Gasteiger partial charge in [-0.2, -0.15) is 0 Å². The SMILES string of the molecule is Cc1ccccc1C(=O)NCCC(=O)NNC(=O)c1ccc(Cl)cc1. The standard InChI is InChI=1S/C18H18ClN3O3/c1-12-4-2-3-5-15(12)18(25)20-11-10-16(23)21-22-17(24)13-6-8-14(19)9-7-13/h2-9H,10-11H2,1H3,(H,20,25)(H,21,23)(H,22,24). The summed E-state index contributed by atoms with van der Waals surface area (Å²) in [6.45, 7) is 2.00. The minimum absolute atomic E-state index is 0.0402. The van der Waals surface area contributed by atoms with Gasteiger partial charge in [0.1, 0.15) is 0 Å². The second-order valence-corrected chi connectivity index (χ2v) is 5.77. The Labute approximate surface area is 150 Å². The summed E-state index contributed by atoms with van der Waals surface area (Å²) in [6, 6.07) is 13.5. The summed E-state index contributed by atoms with van der Waals surface area (Å²) in [5.41, 5.74) is 6.40. The summed E-state index contributed by atoms with van der Waals surface area (Å²) in [5.74, 6) is -1.10. The molecule has 0 heterocycles. The fraction of sp³-hybridized carbons (Fsp3) is 0.167. The van der Waals surface area contributed by atoms with Gasteiger partial charge in [0.15, 0.2) is 0 Å². The van der Waals surface area contributed by atoms with E-state index >= 15 is 0 Å². The van der Waals surface area contributed by atoms with Gasteiger partial charge in [-0.3, -0.25) is 25.2 Å². The molecule has 0 aliphatic carbocycles. The number of aryl methyl sites for hydroxylation is 1. The van der Waals surface area contributed by atoms with Crippen molar-refractivity contribution in [3.63, 3.8) is 0 Å². The molecular weight excluding hydrogens is 342 g/mol. The Kier molecular flexibility index (Phi) is 6.54. The van der Waals surface area contributed by atoms with Crippen molar-refractivity contribution in [1.29, 1.82) is 0 Å². The van der Waals surface area contributed by atoms with Crippen LogP contribution in [0.1, 0.15) is 32.7 Å². The van der Waals surface area contributed by atoms with Gasteiger partial charge in [0.2, 0.25) is 5.91 Å². The molecule has 2 rings (SSSR count). The number of carbonyl (C=O) groups excluding carboxylic acids is 3. The van der Waals surface area contributed by atoms with Gasteiger partial charge in [-0.25, -0.2) is 0 Å². The zero-order valence-electron chi connectivity index (χ0n) is 13.6. The maximum Gasteiger partial charge on any atom is 0.269 e. The quantitative estimate of drug-likeness (QED) is 0.715. The molecule has 0 aromatic heterocycles. The topological polar surface area (TPSA) is 87.3 Å². The van der Waals surface area contributed by atoms with Crippen LogP contribution in [-0.4, -0.2) is 24.3 Å². The predicted octanol–water partition coefficient (Wildman–Crippen LogP) is 2.23. The number of amides is 3.